The molecule has 2 aromatic carbocycles. The molecular formula is C53H76ClN2O18S3+. The number of anilines is 1. The van der Waals surface area contributed by atoms with Gasteiger partial charge in [0.2, 0.25) is 5.69 Å². The van der Waals surface area contributed by atoms with Crippen molar-refractivity contribution >= 4 is 65.0 Å². The van der Waals surface area contributed by atoms with Crippen LogP contribution in [0.5, 0.6) is 0 Å². The fraction of sp³-hybridized carbons (Fsp3) is 0.585. The lowest BCUT2D eigenvalue weighted by atomic mass is 9.75. The molecule has 5 rings (SSSR count). The molecule has 2 aliphatic heterocycles. The van der Waals surface area contributed by atoms with E-state index in [0.717, 1.165) is 29.0 Å². The van der Waals surface area contributed by atoms with E-state index in [-0.39, 0.29) is 55.4 Å². The highest BCUT2D eigenvalue weighted by molar-refractivity contribution is 7.86. The summed E-state index contributed by atoms with van der Waals surface area (Å²) in [6.45, 7) is 9.20. The van der Waals surface area contributed by atoms with Crippen molar-refractivity contribution in [3.63, 3.8) is 0 Å². The zero-order valence-corrected chi connectivity index (χ0v) is 47.7. The summed E-state index contributed by atoms with van der Waals surface area (Å²) in [4.78, 5) is 12.8. The molecule has 77 heavy (non-hydrogen) atoms. The number of carbonyl (C=O) groups is 1. The van der Waals surface area contributed by atoms with Crippen LogP contribution in [-0.2, 0) is 79.1 Å². The van der Waals surface area contributed by atoms with Gasteiger partial charge in [0.25, 0.3) is 30.4 Å². The number of halogens is 1. The molecule has 0 amide bonds. The Bertz CT molecular complexity index is 2830. The van der Waals surface area contributed by atoms with Crippen molar-refractivity contribution < 1.29 is 86.5 Å². The molecule has 0 saturated heterocycles. The molecule has 0 saturated carbocycles. The minimum absolute atomic E-state index is 0.0135. The van der Waals surface area contributed by atoms with Crippen LogP contribution in [0.2, 0.25) is 0 Å². The maximum absolute atomic E-state index is 12.5. The van der Waals surface area contributed by atoms with Gasteiger partial charge in [-0.05, 0) is 118 Å². The molecule has 2 aromatic rings. The summed E-state index contributed by atoms with van der Waals surface area (Å²) in [6, 6.07) is 8.82. The van der Waals surface area contributed by atoms with Crippen molar-refractivity contribution in [3.05, 3.63) is 93.7 Å². The van der Waals surface area contributed by atoms with Gasteiger partial charge in [0.05, 0.1) is 87.0 Å². The zero-order valence-electron chi connectivity index (χ0n) is 44.5. The molecule has 0 fully saturated rings. The summed E-state index contributed by atoms with van der Waals surface area (Å²) < 4.78 is 144. The molecule has 0 aromatic heterocycles. The van der Waals surface area contributed by atoms with Crippen molar-refractivity contribution in [2.45, 2.75) is 98.7 Å². The standard InChI is InChI=1S/C53H75ClN2O18S3/c1-52(21-9-37-75(59,60)61)44-38-42(76(62,63)64)16-18-47(44)56(24-26-70-29-30-72-33-34-74-36-35-73-32-31-71-28-27-69-4)48(52)19-13-40-10-8-11-41(51(40)54)14-20-49-53(2,22-25-68-3)45-39-43(77(65,66)67)15-17-46(45)55(49)23-7-5-6-12-50(57)58/h13-20,38-39H,5-12,21-37H2,1-4H3,(H3-,57,58,59,60,61,62,63,64,65,66,67)/p+1. The number of rotatable bonds is 36. The lowest BCUT2D eigenvalue weighted by Gasteiger charge is -2.30. The Morgan fingerprint density at radius 1 is 0.675 bits per heavy atom. The Labute approximate surface area is 458 Å². The monoisotopic (exact) mass is 1160 g/mol. The molecule has 4 N–H and O–H groups in total. The second kappa shape index (κ2) is 30.1. The van der Waals surface area contributed by atoms with Crippen LogP contribution in [0, 0.1) is 0 Å². The van der Waals surface area contributed by atoms with E-state index in [2.05, 4.69) is 4.90 Å². The minimum Gasteiger partial charge on any atom is -0.481 e. The number of hydrogen-bond donors (Lipinski definition) is 4. The second-order valence-electron chi connectivity index (χ2n) is 19.3. The van der Waals surface area contributed by atoms with E-state index in [1.54, 1.807) is 26.4 Å². The maximum Gasteiger partial charge on any atom is 0.303 e. The van der Waals surface area contributed by atoms with Gasteiger partial charge < -0.3 is 43.2 Å². The van der Waals surface area contributed by atoms with Gasteiger partial charge in [0, 0.05) is 73.3 Å². The number of allylic oxidation sites excluding steroid dienone is 8. The average Bonchev–Trinajstić information content (AvgIpc) is 3.92. The first-order valence-electron chi connectivity index (χ1n) is 25.7. The Morgan fingerprint density at radius 2 is 1.25 bits per heavy atom. The van der Waals surface area contributed by atoms with Gasteiger partial charge >= 0.3 is 5.97 Å². The molecule has 0 spiro atoms. The Balaban J connectivity index is 1.43. The van der Waals surface area contributed by atoms with Gasteiger partial charge in [-0.15, -0.1) is 0 Å². The summed E-state index contributed by atoms with van der Waals surface area (Å²) in [5.74, 6) is -1.42. The number of nitrogens with zero attached hydrogens (tertiary/aromatic N) is 2. The van der Waals surface area contributed by atoms with Gasteiger partial charge in [-0.2, -0.15) is 29.8 Å². The van der Waals surface area contributed by atoms with E-state index < -0.39 is 52.9 Å². The Morgan fingerprint density at radius 3 is 1.82 bits per heavy atom. The number of unbranched alkanes of at least 4 members (excludes halogenated alkanes) is 2. The molecule has 3 aliphatic rings. The van der Waals surface area contributed by atoms with Crippen molar-refractivity contribution in [2.75, 3.05) is 117 Å². The van der Waals surface area contributed by atoms with Crippen molar-refractivity contribution in [2.24, 2.45) is 0 Å². The van der Waals surface area contributed by atoms with Gasteiger partial charge in [-0.25, -0.2) is 0 Å². The third-order valence-electron chi connectivity index (χ3n) is 13.9. The van der Waals surface area contributed by atoms with Crippen molar-refractivity contribution in [1.82, 2.24) is 0 Å². The summed E-state index contributed by atoms with van der Waals surface area (Å²) in [5, 5.41) is 9.74. The predicted molar refractivity (Wildman–Crippen MR) is 291 cm³/mol. The van der Waals surface area contributed by atoms with Gasteiger partial charge in [0.1, 0.15) is 6.61 Å². The molecule has 0 radical (unpaired) electrons. The number of carboxylic acid groups (broad SMARTS) is 1. The van der Waals surface area contributed by atoms with Gasteiger partial charge in [-0.3, -0.25) is 18.5 Å². The fourth-order valence-corrected chi connectivity index (χ4v) is 11.7. The number of hydrogen-bond acceptors (Lipinski definition) is 15. The first-order valence-corrected chi connectivity index (χ1v) is 30.6. The van der Waals surface area contributed by atoms with Crippen LogP contribution in [0.4, 0.5) is 11.4 Å². The largest absolute Gasteiger partial charge is 0.481 e. The molecule has 1 aliphatic carbocycles. The van der Waals surface area contributed by atoms with Crippen LogP contribution in [-0.4, -0.2) is 173 Å². The van der Waals surface area contributed by atoms with Crippen LogP contribution < -0.4 is 4.90 Å². The molecule has 24 heteroatoms. The summed E-state index contributed by atoms with van der Waals surface area (Å²) in [7, 11) is -10.3. The minimum atomic E-state index is -4.64. The Kier molecular flexibility index (Phi) is 24.9. The number of aliphatic carboxylic acids is 1. The predicted octanol–water partition coefficient (Wildman–Crippen LogP) is 7.44. The third-order valence-corrected chi connectivity index (χ3v) is 16.9. The molecule has 2 unspecified atom stereocenters. The second-order valence-corrected chi connectivity index (χ2v) is 24.1. The van der Waals surface area contributed by atoms with Crippen LogP contribution in [0.3, 0.4) is 0 Å². The normalized spacial score (nSPS) is 20.1. The number of benzene rings is 2. The number of carboxylic acids is 1. The first kappa shape index (κ1) is 63.9. The lowest BCUT2D eigenvalue weighted by Crippen LogP contribution is -2.33. The highest BCUT2D eigenvalue weighted by Gasteiger charge is 2.48. The van der Waals surface area contributed by atoms with E-state index in [4.69, 9.17) is 44.8 Å². The first-order chi connectivity index (χ1) is 36.5. The van der Waals surface area contributed by atoms with Gasteiger partial charge in [0.15, 0.2) is 12.3 Å². The lowest BCUT2D eigenvalue weighted by molar-refractivity contribution is -0.442. The molecule has 2 atom stereocenters. The van der Waals surface area contributed by atoms with Crippen molar-refractivity contribution in [3.8, 4) is 0 Å². The fourth-order valence-electron chi connectivity index (χ4n) is 9.88. The van der Waals surface area contributed by atoms with Crippen LogP contribution >= 0.6 is 11.6 Å². The van der Waals surface area contributed by atoms with Crippen LogP contribution in [0.25, 0.3) is 0 Å². The van der Waals surface area contributed by atoms with E-state index >= 15 is 0 Å². The summed E-state index contributed by atoms with van der Waals surface area (Å²) >= 11 is 7.32. The number of ether oxygens (including phenoxy) is 7. The summed E-state index contributed by atoms with van der Waals surface area (Å²) in [5.41, 5.74) is 3.89. The van der Waals surface area contributed by atoms with Crippen molar-refractivity contribution in [1.29, 1.82) is 0 Å². The maximum atomic E-state index is 12.5. The quantitative estimate of drug-likeness (QED) is 0.0293. The third kappa shape index (κ3) is 18.6. The average molecular weight is 1160 g/mol. The van der Waals surface area contributed by atoms with E-state index in [9.17, 15) is 48.8 Å². The van der Waals surface area contributed by atoms with E-state index in [1.165, 1.54) is 24.3 Å². The number of methoxy groups -OCH3 is 2. The smallest absolute Gasteiger partial charge is 0.303 e. The van der Waals surface area contributed by atoms with E-state index in [1.807, 2.05) is 42.7 Å². The molecule has 2 heterocycles. The highest BCUT2D eigenvalue weighted by atomic mass is 35.5. The van der Waals surface area contributed by atoms with E-state index in [0.29, 0.717) is 132 Å². The Hall–Kier alpha value is -3.92. The highest BCUT2D eigenvalue weighted by Crippen LogP contribution is 2.51. The summed E-state index contributed by atoms with van der Waals surface area (Å²) in [6.07, 6.45) is 12.1. The van der Waals surface area contributed by atoms with Crippen LogP contribution in [0.1, 0.15) is 89.2 Å². The van der Waals surface area contributed by atoms with Crippen LogP contribution in [0.15, 0.2) is 92.4 Å². The molecule has 0 bridgehead atoms. The SMILES string of the molecule is COCCOCCOCCOCCOCCOCC[N+]1=C(C=CC2=C(Cl)C(=CC=C3N(CCCCCC(=O)O)c4ccc(S(=O)(=O)O)cc4C3(C)CCOC)CCC2)C(C)(CCCS(=O)(=O)O)c2cc(S(=O)(=O)O)ccc21. The number of fused-ring (bicyclic) bond motifs is 2. The molecular weight excluding hydrogens is 1080 g/mol. The zero-order chi connectivity index (χ0) is 56.3. The topological polar surface area (TPSA) is 271 Å². The molecule has 430 valence electrons. The van der Waals surface area contributed by atoms with Gasteiger partial charge in [-0.1, -0.05) is 30.2 Å². The molecule has 20 nitrogen and oxygen atoms in total.